The maximum Gasteiger partial charge on any atom is 0.352 e. The van der Waals surface area contributed by atoms with Gasteiger partial charge in [-0.25, -0.2) is 13.2 Å². The van der Waals surface area contributed by atoms with Crippen LogP contribution in [0.25, 0.3) is 0 Å². The topological polar surface area (TPSA) is 120 Å². The highest BCUT2D eigenvalue weighted by molar-refractivity contribution is 7.89. The lowest BCUT2D eigenvalue weighted by Crippen LogP contribution is -2.39. The summed E-state index contributed by atoms with van der Waals surface area (Å²) in [7, 11) is -2.49. The SMILES string of the molecule is CCN(CC(=O)NC)S(=O)(=O)c1c[nH]c(C(=O)O)c1. The number of aromatic carboxylic acids is 1. The van der Waals surface area contributed by atoms with Crippen molar-refractivity contribution in [2.24, 2.45) is 0 Å². The zero-order valence-corrected chi connectivity index (χ0v) is 11.3. The lowest BCUT2D eigenvalue weighted by atomic mass is 10.4. The number of hydrogen-bond donors (Lipinski definition) is 3. The summed E-state index contributed by atoms with van der Waals surface area (Å²) in [6.45, 7) is 1.37. The van der Waals surface area contributed by atoms with Gasteiger partial charge in [-0.3, -0.25) is 4.79 Å². The van der Waals surface area contributed by atoms with Gasteiger partial charge in [0.25, 0.3) is 0 Å². The van der Waals surface area contributed by atoms with Gasteiger partial charge in [-0.15, -0.1) is 0 Å². The van der Waals surface area contributed by atoms with E-state index in [0.717, 1.165) is 16.6 Å². The molecule has 0 saturated heterocycles. The average molecular weight is 289 g/mol. The van der Waals surface area contributed by atoms with Crippen LogP contribution >= 0.6 is 0 Å². The lowest BCUT2D eigenvalue weighted by Gasteiger charge is -2.18. The lowest BCUT2D eigenvalue weighted by molar-refractivity contribution is -0.120. The van der Waals surface area contributed by atoms with Gasteiger partial charge in [0, 0.05) is 19.8 Å². The van der Waals surface area contributed by atoms with Gasteiger partial charge < -0.3 is 15.4 Å². The first-order valence-electron chi connectivity index (χ1n) is 5.45. The predicted molar refractivity (Wildman–Crippen MR) is 66.3 cm³/mol. The molecular formula is C10H15N3O5S. The zero-order chi connectivity index (χ0) is 14.6. The summed E-state index contributed by atoms with van der Waals surface area (Å²) < 4.78 is 25.3. The summed E-state index contributed by atoms with van der Waals surface area (Å²) in [6, 6.07) is 1.02. The Labute approximate surface area is 110 Å². The fraction of sp³-hybridized carbons (Fsp3) is 0.400. The van der Waals surface area contributed by atoms with Gasteiger partial charge in [-0.2, -0.15) is 4.31 Å². The third kappa shape index (κ3) is 3.32. The normalized spacial score (nSPS) is 11.5. The molecule has 0 unspecified atom stereocenters. The van der Waals surface area contributed by atoms with Crippen LogP contribution < -0.4 is 5.32 Å². The van der Waals surface area contributed by atoms with Crippen molar-refractivity contribution in [3.63, 3.8) is 0 Å². The number of nitrogens with one attached hydrogen (secondary N) is 2. The Morgan fingerprint density at radius 1 is 1.47 bits per heavy atom. The second kappa shape index (κ2) is 5.85. The number of amides is 1. The molecule has 0 atom stereocenters. The number of carbonyl (C=O) groups is 2. The highest BCUT2D eigenvalue weighted by atomic mass is 32.2. The highest BCUT2D eigenvalue weighted by Crippen LogP contribution is 2.16. The summed E-state index contributed by atoms with van der Waals surface area (Å²) in [5.74, 6) is -1.70. The van der Waals surface area contributed by atoms with Crippen LogP contribution in [0.1, 0.15) is 17.4 Å². The van der Waals surface area contributed by atoms with Crippen LogP contribution in [-0.2, 0) is 14.8 Å². The van der Waals surface area contributed by atoms with Crippen LogP contribution in [-0.4, -0.2) is 54.8 Å². The molecule has 0 radical (unpaired) electrons. The molecule has 0 aromatic carbocycles. The second-order valence-corrected chi connectivity index (χ2v) is 5.60. The van der Waals surface area contributed by atoms with Gasteiger partial charge in [-0.05, 0) is 6.07 Å². The molecule has 0 saturated carbocycles. The first-order valence-corrected chi connectivity index (χ1v) is 6.89. The van der Waals surface area contributed by atoms with Gasteiger partial charge in [0.05, 0.1) is 6.54 Å². The minimum absolute atomic E-state index is 0.101. The minimum Gasteiger partial charge on any atom is -0.477 e. The van der Waals surface area contributed by atoms with E-state index in [1.54, 1.807) is 6.92 Å². The van der Waals surface area contributed by atoms with Crippen molar-refractivity contribution in [2.75, 3.05) is 20.1 Å². The van der Waals surface area contributed by atoms with Gasteiger partial charge >= 0.3 is 5.97 Å². The van der Waals surface area contributed by atoms with Crippen LogP contribution in [0.2, 0.25) is 0 Å². The van der Waals surface area contributed by atoms with E-state index in [2.05, 4.69) is 10.3 Å². The van der Waals surface area contributed by atoms with Gasteiger partial charge in [-0.1, -0.05) is 6.92 Å². The van der Waals surface area contributed by atoms with E-state index in [-0.39, 0.29) is 23.7 Å². The van der Waals surface area contributed by atoms with E-state index >= 15 is 0 Å². The van der Waals surface area contributed by atoms with Crippen LogP contribution in [0, 0.1) is 0 Å². The molecule has 8 nitrogen and oxygen atoms in total. The number of carboxylic acids is 1. The standard InChI is InChI=1S/C10H15N3O5S/c1-3-13(6-9(14)11-2)19(17,18)7-4-8(10(15)16)12-5-7/h4-5,12H,3,6H2,1-2H3,(H,11,14)(H,15,16). The predicted octanol–water partition coefficient (Wildman–Crippen LogP) is -0.530. The smallest absolute Gasteiger partial charge is 0.352 e. The van der Waals surface area contributed by atoms with Crippen molar-refractivity contribution in [1.29, 1.82) is 0 Å². The number of hydrogen-bond acceptors (Lipinski definition) is 4. The van der Waals surface area contributed by atoms with Crippen LogP contribution in [0.15, 0.2) is 17.2 Å². The molecule has 0 aliphatic carbocycles. The van der Waals surface area contributed by atoms with E-state index < -0.39 is 21.9 Å². The Kier molecular flexibility index (Phi) is 4.67. The molecule has 0 spiro atoms. The van der Waals surface area contributed by atoms with E-state index in [1.165, 1.54) is 7.05 Å². The van der Waals surface area contributed by atoms with Gasteiger partial charge in [0.2, 0.25) is 15.9 Å². The summed E-state index contributed by atoms with van der Waals surface area (Å²) >= 11 is 0. The molecule has 106 valence electrons. The van der Waals surface area contributed by atoms with E-state index in [1.807, 2.05) is 0 Å². The van der Waals surface area contributed by atoms with Crippen molar-refractivity contribution in [1.82, 2.24) is 14.6 Å². The Bertz CT molecular complexity index is 578. The first kappa shape index (κ1) is 15.2. The quantitative estimate of drug-likeness (QED) is 0.650. The monoisotopic (exact) mass is 289 g/mol. The second-order valence-electron chi connectivity index (χ2n) is 3.66. The van der Waals surface area contributed by atoms with Crippen LogP contribution in [0.3, 0.4) is 0 Å². The van der Waals surface area contributed by atoms with Crippen molar-refractivity contribution in [2.45, 2.75) is 11.8 Å². The molecule has 1 aromatic heterocycles. The number of aromatic amines is 1. The molecule has 1 aromatic rings. The van der Waals surface area contributed by atoms with Crippen LogP contribution in [0.4, 0.5) is 0 Å². The number of aromatic nitrogens is 1. The molecule has 0 bridgehead atoms. The van der Waals surface area contributed by atoms with Crippen molar-refractivity contribution < 1.29 is 23.1 Å². The number of carbonyl (C=O) groups excluding carboxylic acids is 1. The summed E-state index contributed by atoms with van der Waals surface area (Å²) in [5, 5.41) is 11.1. The van der Waals surface area contributed by atoms with E-state index in [4.69, 9.17) is 5.11 Å². The van der Waals surface area contributed by atoms with E-state index in [0.29, 0.717) is 0 Å². The maximum absolute atomic E-state index is 12.2. The molecule has 0 aliphatic heterocycles. The Morgan fingerprint density at radius 3 is 2.53 bits per heavy atom. The van der Waals surface area contributed by atoms with Crippen molar-refractivity contribution in [3.05, 3.63) is 18.0 Å². The van der Waals surface area contributed by atoms with E-state index in [9.17, 15) is 18.0 Å². The number of sulfonamides is 1. The third-order valence-corrected chi connectivity index (χ3v) is 4.37. The summed E-state index contributed by atoms with van der Waals surface area (Å²) in [5.41, 5.74) is -0.227. The van der Waals surface area contributed by atoms with Gasteiger partial charge in [0.15, 0.2) is 0 Å². The number of likely N-dealkylation sites (N-methyl/N-ethyl adjacent to an activating group) is 2. The third-order valence-electron chi connectivity index (χ3n) is 2.48. The fourth-order valence-corrected chi connectivity index (χ4v) is 2.80. The zero-order valence-electron chi connectivity index (χ0n) is 10.5. The molecule has 1 heterocycles. The number of nitrogens with zero attached hydrogens (tertiary/aromatic N) is 1. The highest BCUT2D eigenvalue weighted by Gasteiger charge is 2.26. The van der Waals surface area contributed by atoms with Gasteiger partial charge in [0.1, 0.15) is 10.6 Å². The maximum atomic E-state index is 12.2. The number of H-pyrrole nitrogens is 1. The molecule has 1 amide bonds. The largest absolute Gasteiger partial charge is 0.477 e. The molecular weight excluding hydrogens is 274 g/mol. The van der Waals surface area contributed by atoms with Crippen molar-refractivity contribution in [3.8, 4) is 0 Å². The Morgan fingerprint density at radius 2 is 2.11 bits per heavy atom. The molecule has 0 aliphatic rings. The number of carboxylic acid groups (broad SMARTS) is 1. The van der Waals surface area contributed by atoms with Crippen molar-refractivity contribution >= 4 is 21.9 Å². The Hall–Kier alpha value is -1.87. The fourth-order valence-electron chi connectivity index (χ4n) is 1.40. The molecule has 3 N–H and O–H groups in total. The molecule has 9 heteroatoms. The molecule has 0 fully saturated rings. The summed E-state index contributed by atoms with van der Waals surface area (Å²) in [6.07, 6.45) is 1.09. The molecule has 19 heavy (non-hydrogen) atoms. The number of rotatable bonds is 6. The minimum atomic E-state index is -3.89. The summed E-state index contributed by atoms with van der Waals surface area (Å²) in [4.78, 5) is 24.1. The molecule has 1 rings (SSSR count). The van der Waals surface area contributed by atoms with Crippen LogP contribution in [0.5, 0.6) is 0 Å². The average Bonchev–Trinajstić information content (AvgIpc) is 2.85. The first-order chi connectivity index (χ1) is 8.82. The Balaban J connectivity index is 3.06.